The van der Waals surface area contributed by atoms with Crippen LogP contribution >= 0.6 is 0 Å². The Bertz CT molecular complexity index is 736. The van der Waals surface area contributed by atoms with Crippen LogP contribution in [0.2, 0.25) is 0 Å². The van der Waals surface area contributed by atoms with Crippen LogP contribution in [-0.2, 0) is 6.42 Å². The molecule has 0 fully saturated rings. The average Bonchev–Trinajstić information content (AvgIpc) is 2.44. The summed E-state index contributed by atoms with van der Waals surface area (Å²) in [5.41, 5.74) is 1.39. The molecule has 0 heterocycles. The molecule has 0 spiro atoms. The van der Waals surface area contributed by atoms with Gasteiger partial charge in [-0.05, 0) is 34.9 Å². The van der Waals surface area contributed by atoms with E-state index in [-0.39, 0.29) is 10.6 Å². The van der Waals surface area contributed by atoms with Gasteiger partial charge in [-0.25, -0.2) is 0 Å². The minimum absolute atomic E-state index is 0.211. The van der Waals surface area contributed by atoms with E-state index in [1.807, 2.05) is 48.5 Å². The molecule has 0 saturated heterocycles. The van der Waals surface area contributed by atoms with Gasteiger partial charge in [0.05, 0.1) is 15.7 Å². The molecule has 0 unspecified atom stereocenters. The number of non-ortho nitro benzene ring substituents is 1. The van der Waals surface area contributed by atoms with E-state index in [1.165, 1.54) is 5.56 Å². The summed E-state index contributed by atoms with van der Waals surface area (Å²) in [4.78, 5) is 11.2. The quantitative estimate of drug-likeness (QED) is 0.383. The normalized spacial score (nSPS) is 11.0. The number of hydrogen-bond acceptors (Lipinski definition) is 2. The highest BCUT2D eigenvalue weighted by Gasteiger charge is 2.19. The first kappa shape index (κ1) is 11.7. The van der Waals surface area contributed by atoms with Gasteiger partial charge in [0, 0.05) is 0 Å². The molecule has 19 heavy (non-hydrogen) atoms. The lowest BCUT2D eigenvalue weighted by atomic mass is 9.93. The third kappa shape index (κ3) is 1.66. The van der Waals surface area contributed by atoms with Gasteiger partial charge in [-0.2, -0.15) is 0 Å². The SMILES string of the molecule is CCc1c2ccccc2c([N+](=O)[O-])c2ccccc12. The standard InChI is InChI=1S/C16H13NO2/c1-2-11-12-7-3-5-9-14(12)16(17(18)19)15-10-6-4-8-13(11)15/h3-10H,2H2,1H3. The van der Waals surface area contributed by atoms with Crippen molar-refractivity contribution in [3.05, 3.63) is 64.2 Å². The van der Waals surface area contributed by atoms with Crippen LogP contribution < -0.4 is 0 Å². The second-order valence-corrected chi connectivity index (χ2v) is 4.53. The third-order valence-electron chi connectivity index (χ3n) is 3.55. The molecular formula is C16H13NO2. The van der Waals surface area contributed by atoms with Gasteiger partial charge < -0.3 is 0 Å². The van der Waals surface area contributed by atoms with Crippen LogP contribution in [0, 0.1) is 10.1 Å². The zero-order chi connectivity index (χ0) is 13.4. The van der Waals surface area contributed by atoms with Crippen molar-refractivity contribution in [3.8, 4) is 0 Å². The molecule has 0 aliphatic carbocycles. The molecule has 94 valence electrons. The maximum absolute atomic E-state index is 11.4. The predicted octanol–water partition coefficient (Wildman–Crippen LogP) is 4.46. The smallest absolute Gasteiger partial charge is 0.258 e. The lowest BCUT2D eigenvalue weighted by Gasteiger charge is -2.10. The first-order valence-electron chi connectivity index (χ1n) is 6.30. The molecule has 3 heteroatoms. The van der Waals surface area contributed by atoms with Crippen molar-refractivity contribution in [2.75, 3.05) is 0 Å². The summed E-state index contributed by atoms with van der Waals surface area (Å²) < 4.78 is 0. The Labute approximate surface area is 110 Å². The van der Waals surface area contributed by atoms with Crippen LogP contribution in [0.1, 0.15) is 12.5 Å². The lowest BCUT2D eigenvalue weighted by Crippen LogP contribution is -1.95. The minimum atomic E-state index is -0.274. The molecule has 3 nitrogen and oxygen atoms in total. The van der Waals surface area contributed by atoms with Crippen LogP contribution in [0.3, 0.4) is 0 Å². The fourth-order valence-electron chi connectivity index (χ4n) is 2.77. The van der Waals surface area contributed by atoms with Gasteiger partial charge in [0.15, 0.2) is 0 Å². The van der Waals surface area contributed by atoms with Gasteiger partial charge in [0.25, 0.3) is 5.69 Å². The summed E-state index contributed by atoms with van der Waals surface area (Å²) in [6.45, 7) is 2.08. The zero-order valence-electron chi connectivity index (χ0n) is 10.6. The van der Waals surface area contributed by atoms with Gasteiger partial charge in [0.1, 0.15) is 0 Å². The number of nitro benzene ring substituents is 1. The highest BCUT2D eigenvalue weighted by molar-refractivity contribution is 6.10. The molecule has 0 amide bonds. The summed E-state index contributed by atoms with van der Waals surface area (Å²) in [5.74, 6) is 0. The molecule has 0 bridgehead atoms. The minimum Gasteiger partial charge on any atom is -0.258 e. The Morgan fingerprint density at radius 1 is 0.895 bits per heavy atom. The molecule has 3 aromatic carbocycles. The van der Waals surface area contributed by atoms with Gasteiger partial charge >= 0.3 is 0 Å². The molecule has 0 radical (unpaired) electrons. The first-order valence-corrected chi connectivity index (χ1v) is 6.30. The van der Waals surface area contributed by atoms with Crippen molar-refractivity contribution in [1.29, 1.82) is 0 Å². The van der Waals surface area contributed by atoms with Crippen LogP contribution in [0.4, 0.5) is 5.69 Å². The van der Waals surface area contributed by atoms with E-state index in [4.69, 9.17) is 0 Å². The largest absolute Gasteiger partial charge is 0.284 e. The van der Waals surface area contributed by atoms with Crippen LogP contribution in [0.25, 0.3) is 21.5 Å². The second kappa shape index (κ2) is 4.35. The third-order valence-corrected chi connectivity index (χ3v) is 3.55. The number of benzene rings is 3. The molecule has 3 rings (SSSR count). The Kier molecular flexibility index (Phi) is 2.67. The molecule has 0 aliphatic rings. The number of hydrogen-bond donors (Lipinski definition) is 0. The maximum atomic E-state index is 11.4. The summed E-state index contributed by atoms with van der Waals surface area (Å²) in [7, 11) is 0. The molecule has 0 N–H and O–H groups in total. The summed E-state index contributed by atoms with van der Waals surface area (Å²) >= 11 is 0. The average molecular weight is 251 g/mol. The Hall–Kier alpha value is -2.42. The molecule has 0 atom stereocenters. The highest BCUT2D eigenvalue weighted by atomic mass is 16.6. The zero-order valence-corrected chi connectivity index (χ0v) is 10.6. The number of fused-ring (bicyclic) bond motifs is 2. The predicted molar refractivity (Wildman–Crippen MR) is 77.5 cm³/mol. The molecule has 0 aromatic heterocycles. The monoisotopic (exact) mass is 251 g/mol. The van der Waals surface area contributed by atoms with Crippen molar-refractivity contribution in [1.82, 2.24) is 0 Å². The fraction of sp³-hybridized carbons (Fsp3) is 0.125. The Morgan fingerprint density at radius 3 is 1.68 bits per heavy atom. The van der Waals surface area contributed by atoms with Crippen molar-refractivity contribution < 1.29 is 4.92 Å². The van der Waals surface area contributed by atoms with E-state index < -0.39 is 0 Å². The van der Waals surface area contributed by atoms with Crippen LogP contribution in [-0.4, -0.2) is 4.92 Å². The van der Waals surface area contributed by atoms with Crippen molar-refractivity contribution in [3.63, 3.8) is 0 Å². The first-order chi connectivity index (χ1) is 9.24. The van der Waals surface area contributed by atoms with E-state index in [0.717, 1.165) is 28.0 Å². The molecule has 0 aliphatic heterocycles. The van der Waals surface area contributed by atoms with Gasteiger partial charge in [-0.3, -0.25) is 10.1 Å². The number of nitro groups is 1. The topological polar surface area (TPSA) is 43.1 Å². The second-order valence-electron chi connectivity index (χ2n) is 4.53. The highest BCUT2D eigenvalue weighted by Crippen LogP contribution is 2.37. The summed E-state index contributed by atoms with van der Waals surface area (Å²) in [6.07, 6.45) is 0.860. The van der Waals surface area contributed by atoms with Gasteiger partial charge in [-0.1, -0.05) is 43.3 Å². The van der Waals surface area contributed by atoms with Crippen molar-refractivity contribution >= 4 is 27.2 Å². The van der Waals surface area contributed by atoms with Crippen LogP contribution in [0.15, 0.2) is 48.5 Å². The Morgan fingerprint density at radius 2 is 1.32 bits per heavy atom. The van der Waals surface area contributed by atoms with E-state index in [9.17, 15) is 10.1 Å². The van der Waals surface area contributed by atoms with E-state index in [0.29, 0.717) is 0 Å². The maximum Gasteiger partial charge on any atom is 0.284 e. The molecule has 3 aromatic rings. The number of aryl methyl sites for hydroxylation is 1. The summed E-state index contributed by atoms with van der Waals surface area (Å²) in [6, 6.07) is 15.2. The van der Waals surface area contributed by atoms with Gasteiger partial charge in [-0.15, -0.1) is 0 Å². The molecule has 0 saturated carbocycles. The van der Waals surface area contributed by atoms with E-state index in [2.05, 4.69) is 6.92 Å². The van der Waals surface area contributed by atoms with Crippen LogP contribution in [0.5, 0.6) is 0 Å². The van der Waals surface area contributed by atoms with Crippen molar-refractivity contribution in [2.24, 2.45) is 0 Å². The number of nitrogens with zero attached hydrogens (tertiary/aromatic N) is 1. The number of rotatable bonds is 2. The fourth-order valence-corrected chi connectivity index (χ4v) is 2.77. The van der Waals surface area contributed by atoms with E-state index >= 15 is 0 Å². The van der Waals surface area contributed by atoms with Crippen molar-refractivity contribution in [2.45, 2.75) is 13.3 Å². The summed E-state index contributed by atoms with van der Waals surface area (Å²) in [5, 5.41) is 14.8. The molecular weight excluding hydrogens is 238 g/mol. The lowest BCUT2D eigenvalue weighted by molar-refractivity contribution is -0.381. The van der Waals surface area contributed by atoms with Gasteiger partial charge in [0.2, 0.25) is 0 Å². The van der Waals surface area contributed by atoms with E-state index in [1.54, 1.807) is 0 Å². The Balaban J connectivity index is 2.65.